The molecule has 1 heterocycles. The molecule has 1 saturated carbocycles. The lowest BCUT2D eigenvalue weighted by atomic mass is 9.80. The topological polar surface area (TPSA) is 52.9 Å². The number of carbonyl (C=O) groups is 1. The van der Waals surface area contributed by atoms with Gasteiger partial charge in [0.2, 0.25) is 0 Å². The summed E-state index contributed by atoms with van der Waals surface area (Å²) in [4.78, 5) is 12.5. The molecule has 0 radical (unpaired) electrons. The zero-order chi connectivity index (χ0) is 16.8. The second-order valence-corrected chi connectivity index (χ2v) is 6.18. The van der Waals surface area contributed by atoms with E-state index in [-0.39, 0.29) is 27.7 Å². The number of halogens is 4. The standard InChI is InChI=1S/C15H14ClF3N2O2/c16-10-5-3-4-9(8-10)13(22)21-14(23,15(17,18)19)11-6-1-2-7-12(11)20-21/h3-5,8,11,23H,1-2,6-7H2/t11-,14-/m1/s1. The third-order valence-electron chi connectivity index (χ3n) is 4.30. The number of hydrogen-bond donors (Lipinski definition) is 1. The summed E-state index contributed by atoms with van der Waals surface area (Å²) >= 11 is 5.79. The number of benzene rings is 1. The zero-order valence-corrected chi connectivity index (χ0v) is 12.7. The van der Waals surface area contributed by atoms with Gasteiger partial charge in [-0.3, -0.25) is 4.79 Å². The van der Waals surface area contributed by atoms with E-state index in [4.69, 9.17) is 11.6 Å². The van der Waals surface area contributed by atoms with E-state index in [9.17, 15) is 23.1 Å². The summed E-state index contributed by atoms with van der Waals surface area (Å²) in [7, 11) is 0. The number of hydrazone groups is 1. The Balaban J connectivity index is 2.05. The molecule has 1 aromatic rings. The van der Waals surface area contributed by atoms with Crippen LogP contribution in [-0.4, -0.2) is 33.6 Å². The van der Waals surface area contributed by atoms with Crippen LogP contribution in [0, 0.1) is 5.92 Å². The largest absolute Gasteiger partial charge is 0.439 e. The van der Waals surface area contributed by atoms with Gasteiger partial charge in [0.25, 0.3) is 11.6 Å². The van der Waals surface area contributed by atoms with Gasteiger partial charge in [0.15, 0.2) is 0 Å². The van der Waals surface area contributed by atoms with Crippen molar-refractivity contribution in [2.45, 2.75) is 37.6 Å². The van der Waals surface area contributed by atoms with Crippen molar-refractivity contribution in [3.63, 3.8) is 0 Å². The van der Waals surface area contributed by atoms with E-state index in [0.717, 1.165) is 0 Å². The molecule has 0 spiro atoms. The van der Waals surface area contributed by atoms with Gasteiger partial charge in [-0.2, -0.15) is 23.3 Å². The van der Waals surface area contributed by atoms with Crippen molar-refractivity contribution in [3.05, 3.63) is 34.9 Å². The van der Waals surface area contributed by atoms with Gasteiger partial charge in [-0.05, 0) is 37.5 Å². The molecule has 2 atom stereocenters. The number of alkyl halides is 3. The summed E-state index contributed by atoms with van der Waals surface area (Å²) in [6.45, 7) is 0. The third-order valence-corrected chi connectivity index (χ3v) is 4.53. The van der Waals surface area contributed by atoms with Crippen LogP contribution in [0.15, 0.2) is 29.4 Å². The van der Waals surface area contributed by atoms with Crippen molar-refractivity contribution < 1.29 is 23.1 Å². The molecule has 1 amide bonds. The molecule has 124 valence electrons. The Labute approximate surface area is 135 Å². The van der Waals surface area contributed by atoms with E-state index < -0.39 is 23.7 Å². The highest BCUT2D eigenvalue weighted by Gasteiger charge is 2.68. The van der Waals surface area contributed by atoms with Gasteiger partial charge >= 0.3 is 6.18 Å². The highest BCUT2D eigenvalue weighted by atomic mass is 35.5. The fourth-order valence-corrected chi connectivity index (χ4v) is 3.35. The summed E-state index contributed by atoms with van der Waals surface area (Å²) in [5.41, 5.74) is -3.13. The smallest absolute Gasteiger partial charge is 0.362 e. The van der Waals surface area contributed by atoms with Gasteiger partial charge < -0.3 is 5.11 Å². The first-order valence-electron chi connectivity index (χ1n) is 7.21. The molecule has 4 nitrogen and oxygen atoms in total. The molecule has 1 aliphatic heterocycles. The normalized spacial score (nSPS) is 27.6. The molecular weight excluding hydrogens is 333 g/mol. The van der Waals surface area contributed by atoms with Gasteiger partial charge in [0.05, 0.1) is 5.92 Å². The molecule has 2 aliphatic rings. The first-order chi connectivity index (χ1) is 10.7. The lowest BCUT2D eigenvalue weighted by Gasteiger charge is -2.38. The van der Waals surface area contributed by atoms with Crippen molar-refractivity contribution in [2.24, 2.45) is 11.0 Å². The lowest BCUT2D eigenvalue weighted by Crippen LogP contribution is -2.61. The summed E-state index contributed by atoms with van der Waals surface area (Å²) in [6.07, 6.45) is -3.26. The fraction of sp³-hybridized carbons (Fsp3) is 0.467. The molecule has 1 N–H and O–H groups in total. The van der Waals surface area contributed by atoms with E-state index in [1.165, 1.54) is 24.3 Å². The van der Waals surface area contributed by atoms with Gasteiger partial charge in [0, 0.05) is 16.3 Å². The van der Waals surface area contributed by atoms with Crippen LogP contribution in [0.2, 0.25) is 5.02 Å². The van der Waals surface area contributed by atoms with Crippen LogP contribution in [0.4, 0.5) is 13.2 Å². The Morgan fingerprint density at radius 2 is 2.13 bits per heavy atom. The molecule has 0 saturated heterocycles. The molecular formula is C15H14ClF3N2O2. The number of rotatable bonds is 1. The molecule has 0 bridgehead atoms. The zero-order valence-electron chi connectivity index (χ0n) is 12.0. The van der Waals surface area contributed by atoms with Crippen LogP contribution >= 0.6 is 11.6 Å². The van der Waals surface area contributed by atoms with Crippen molar-refractivity contribution in [1.82, 2.24) is 5.01 Å². The second kappa shape index (κ2) is 5.49. The van der Waals surface area contributed by atoms with E-state index >= 15 is 0 Å². The van der Waals surface area contributed by atoms with Crippen LogP contribution < -0.4 is 0 Å². The Morgan fingerprint density at radius 1 is 1.39 bits per heavy atom. The van der Waals surface area contributed by atoms with Crippen LogP contribution in [-0.2, 0) is 0 Å². The van der Waals surface area contributed by atoms with Crippen LogP contribution in [0.1, 0.15) is 36.0 Å². The van der Waals surface area contributed by atoms with Gasteiger partial charge in [-0.15, -0.1) is 0 Å². The monoisotopic (exact) mass is 346 g/mol. The van der Waals surface area contributed by atoms with E-state index in [0.29, 0.717) is 19.3 Å². The first kappa shape index (κ1) is 16.3. The van der Waals surface area contributed by atoms with Gasteiger partial charge in [-0.1, -0.05) is 24.1 Å². The summed E-state index contributed by atoms with van der Waals surface area (Å²) < 4.78 is 40.7. The predicted molar refractivity (Wildman–Crippen MR) is 78.0 cm³/mol. The lowest BCUT2D eigenvalue weighted by molar-refractivity contribution is -0.312. The first-order valence-corrected chi connectivity index (χ1v) is 7.59. The number of aliphatic hydroxyl groups is 1. The Bertz CT molecular complexity index is 677. The van der Waals surface area contributed by atoms with Crippen LogP contribution in [0.25, 0.3) is 0 Å². The highest BCUT2D eigenvalue weighted by Crippen LogP contribution is 2.48. The minimum Gasteiger partial charge on any atom is -0.362 e. The van der Waals surface area contributed by atoms with Crippen molar-refractivity contribution in [3.8, 4) is 0 Å². The average Bonchev–Trinajstić information content (AvgIpc) is 2.81. The summed E-state index contributed by atoms with van der Waals surface area (Å²) in [5, 5.41) is 14.6. The number of hydrogen-bond acceptors (Lipinski definition) is 3. The minimum atomic E-state index is -5.01. The SMILES string of the molecule is O=C(c1cccc(Cl)c1)N1N=C2CCCC[C@H]2[C@@]1(O)C(F)(F)F. The maximum atomic E-state index is 13.6. The van der Waals surface area contributed by atoms with Crippen molar-refractivity contribution >= 4 is 23.2 Å². The number of nitrogens with zero attached hydrogens (tertiary/aromatic N) is 2. The molecule has 1 fully saturated rings. The molecule has 8 heteroatoms. The Hall–Kier alpha value is -1.60. The molecule has 3 rings (SSSR count). The number of carbonyl (C=O) groups excluding carboxylic acids is 1. The molecule has 1 aromatic carbocycles. The number of amides is 1. The Kier molecular flexibility index (Phi) is 3.88. The van der Waals surface area contributed by atoms with Crippen LogP contribution in [0.3, 0.4) is 0 Å². The van der Waals surface area contributed by atoms with E-state index in [1.54, 1.807) is 0 Å². The Morgan fingerprint density at radius 3 is 2.78 bits per heavy atom. The second-order valence-electron chi connectivity index (χ2n) is 5.74. The van der Waals surface area contributed by atoms with Gasteiger partial charge in [0.1, 0.15) is 0 Å². The third kappa shape index (κ3) is 2.52. The van der Waals surface area contributed by atoms with Crippen LogP contribution in [0.5, 0.6) is 0 Å². The molecule has 0 unspecified atom stereocenters. The molecule has 0 aromatic heterocycles. The van der Waals surface area contributed by atoms with Crippen molar-refractivity contribution in [1.29, 1.82) is 0 Å². The quantitative estimate of drug-likeness (QED) is 0.844. The highest BCUT2D eigenvalue weighted by molar-refractivity contribution is 6.31. The molecule has 23 heavy (non-hydrogen) atoms. The minimum absolute atomic E-state index is 0.0526. The summed E-state index contributed by atoms with van der Waals surface area (Å²) in [5.74, 6) is -2.23. The fourth-order valence-electron chi connectivity index (χ4n) is 3.16. The van der Waals surface area contributed by atoms with Gasteiger partial charge in [-0.25, -0.2) is 0 Å². The maximum Gasteiger partial charge on any atom is 0.439 e. The predicted octanol–water partition coefficient (Wildman–Crippen LogP) is 3.59. The number of fused-ring (bicyclic) bond motifs is 1. The summed E-state index contributed by atoms with van der Waals surface area (Å²) in [6, 6.07) is 5.55. The average molecular weight is 347 g/mol. The maximum absolute atomic E-state index is 13.6. The van der Waals surface area contributed by atoms with Crippen molar-refractivity contribution in [2.75, 3.05) is 0 Å². The van der Waals surface area contributed by atoms with E-state index in [2.05, 4.69) is 5.10 Å². The molecule has 1 aliphatic carbocycles. The van der Waals surface area contributed by atoms with E-state index in [1.807, 2.05) is 0 Å².